The van der Waals surface area contributed by atoms with Crippen molar-refractivity contribution in [3.8, 4) is 0 Å². The van der Waals surface area contributed by atoms with Crippen LogP contribution in [0.2, 0.25) is 0 Å². The summed E-state index contributed by atoms with van der Waals surface area (Å²) in [6.45, 7) is 0.0253. The summed E-state index contributed by atoms with van der Waals surface area (Å²) >= 11 is 0. The average Bonchev–Trinajstić information content (AvgIpc) is 2.45. The van der Waals surface area contributed by atoms with E-state index >= 15 is 0 Å². The topological polar surface area (TPSA) is 29.3 Å². The van der Waals surface area contributed by atoms with Crippen molar-refractivity contribution in [3.05, 3.63) is 65.2 Å². The Morgan fingerprint density at radius 1 is 1.05 bits per heavy atom. The predicted molar refractivity (Wildman–Crippen MR) is 72.9 cm³/mol. The molecular weight excluding hydrogens is 284 g/mol. The highest BCUT2D eigenvalue weighted by molar-refractivity contribution is 5.48. The first kappa shape index (κ1) is 15.3. The molecule has 0 saturated carbocycles. The molecule has 2 aromatic rings. The summed E-state index contributed by atoms with van der Waals surface area (Å²) in [7, 11) is 1.62. The molecule has 2 nitrogen and oxygen atoms in total. The normalized spacial score (nSPS) is 12.3. The van der Waals surface area contributed by atoms with E-state index in [1.54, 1.807) is 18.0 Å². The lowest BCUT2D eigenvalue weighted by Crippen LogP contribution is -2.30. The molecule has 112 valence electrons. The number of hydrogen-bond donors (Lipinski definition) is 1. The van der Waals surface area contributed by atoms with Gasteiger partial charge in [-0.05, 0) is 35.9 Å². The van der Waals surface area contributed by atoms with Crippen LogP contribution in [0.4, 0.5) is 23.2 Å². The summed E-state index contributed by atoms with van der Waals surface area (Å²) in [6.07, 6.45) is 0. The molecule has 21 heavy (non-hydrogen) atoms. The van der Waals surface area contributed by atoms with Gasteiger partial charge in [-0.25, -0.2) is 17.6 Å². The van der Waals surface area contributed by atoms with Crippen LogP contribution in [0.3, 0.4) is 0 Å². The highest BCUT2D eigenvalue weighted by Gasteiger charge is 2.20. The molecule has 0 heterocycles. The molecular formula is C15H14F4N2. The van der Waals surface area contributed by atoms with E-state index in [9.17, 15) is 17.6 Å². The molecule has 0 saturated heterocycles. The lowest BCUT2D eigenvalue weighted by atomic mass is 10.0. The molecule has 0 amide bonds. The third kappa shape index (κ3) is 3.16. The van der Waals surface area contributed by atoms with Gasteiger partial charge in [-0.15, -0.1) is 0 Å². The van der Waals surface area contributed by atoms with Crippen molar-refractivity contribution in [1.82, 2.24) is 0 Å². The van der Waals surface area contributed by atoms with Crippen LogP contribution in [0.5, 0.6) is 0 Å². The van der Waals surface area contributed by atoms with Crippen molar-refractivity contribution in [2.24, 2.45) is 5.73 Å². The van der Waals surface area contributed by atoms with Crippen molar-refractivity contribution in [1.29, 1.82) is 0 Å². The van der Waals surface area contributed by atoms with Gasteiger partial charge in [-0.2, -0.15) is 0 Å². The minimum atomic E-state index is -1.53. The summed E-state index contributed by atoms with van der Waals surface area (Å²) in [5.74, 6) is -4.53. The molecule has 0 aliphatic rings. The number of anilines is 1. The van der Waals surface area contributed by atoms with Gasteiger partial charge in [0.15, 0.2) is 17.5 Å². The van der Waals surface area contributed by atoms with E-state index in [0.29, 0.717) is 5.69 Å². The summed E-state index contributed by atoms with van der Waals surface area (Å²) in [5, 5.41) is 0. The van der Waals surface area contributed by atoms with E-state index in [4.69, 9.17) is 5.73 Å². The van der Waals surface area contributed by atoms with Crippen molar-refractivity contribution >= 4 is 5.69 Å². The fourth-order valence-electron chi connectivity index (χ4n) is 2.16. The Labute approximate surface area is 119 Å². The zero-order valence-electron chi connectivity index (χ0n) is 11.3. The smallest absolute Gasteiger partial charge is 0.194 e. The van der Waals surface area contributed by atoms with Crippen molar-refractivity contribution in [2.45, 2.75) is 6.04 Å². The Kier molecular flexibility index (Phi) is 4.47. The van der Waals surface area contributed by atoms with Gasteiger partial charge in [0.05, 0.1) is 6.04 Å². The first-order valence-electron chi connectivity index (χ1n) is 6.27. The van der Waals surface area contributed by atoms with Crippen LogP contribution in [-0.4, -0.2) is 13.6 Å². The number of nitrogens with two attached hydrogens (primary N) is 1. The fourth-order valence-corrected chi connectivity index (χ4v) is 2.16. The second-order valence-electron chi connectivity index (χ2n) is 4.64. The average molecular weight is 298 g/mol. The monoisotopic (exact) mass is 298 g/mol. The third-order valence-electron chi connectivity index (χ3n) is 3.30. The summed E-state index contributed by atoms with van der Waals surface area (Å²) in [5.41, 5.74) is 6.32. The van der Waals surface area contributed by atoms with E-state index in [1.165, 1.54) is 18.2 Å². The number of likely N-dealkylation sites (N-methyl/N-ethyl adjacent to an activating group) is 1. The Morgan fingerprint density at radius 2 is 1.67 bits per heavy atom. The third-order valence-corrected chi connectivity index (χ3v) is 3.30. The van der Waals surface area contributed by atoms with Gasteiger partial charge < -0.3 is 10.6 Å². The zero-order chi connectivity index (χ0) is 15.6. The molecule has 0 aromatic heterocycles. The van der Waals surface area contributed by atoms with E-state index in [0.717, 1.165) is 12.1 Å². The molecule has 0 fully saturated rings. The first-order chi connectivity index (χ1) is 9.93. The largest absolute Gasteiger partial charge is 0.366 e. The number of nitrogens with zero attached hydrogens (tertiary/aromatic N) is 1. The van der Waals surface area contributed by atoms with Crippen LogP contribution in [0.15, 0.2) is 36.4 Å². The van der Waals surface area contributed by atoms with Gasteiger partial charge in [0.1, 0.15) is 5.82 Å². The summed E-state index contributed by atoms with van der Waals surface area (Å²) < 4.78 is 52.9. The molecule has 0 bridgehead atoms. The lowest BCUT2D eigenvalue weighted by Gasteiger charge is -2.29. The molecule has 2 aromatic carbocycles. The molecule has 2 N–H and O–H groups in total. The maximum atomic E-state index is 13.3. The molecule has 2 rings (SSSR count). The fraction of sp³-hybridized carbons (Fsp3) is 0.200. The van der Waals surface area contributed by atoms with Crippen LogP contribution in [0.1, 0.15) is 11.6 Å². The number of halogens is 4. The molecule has 0 aliphatic heterocycles. The number of hydrogen-bond acceptors (Lipinski definition) is 2. The summed E-state index contributed by atoms with van der Waals surface area (Å²) in [4.78, 5) is 1.58. The highest BCUT2D eigenvalue weighted by Crippen LogP contribution is 2.27. The van der Waals surface area contributed by atoms with Crippen LogP contribution in [-0.2, 0) is 0 Å². The molecule has 1 unspecified atom stereocenters. The van der Waals surface area contributed by atoms with E-state index in [-0.39, 0.29) is 12.1 Å². The van der Waals surface area contributed by atoms with E-state index in [1.807, 2.05) is 0 Å². The minimum absolute atomic E-state index is 0.0253. The van der Waals surface area contributed by atoms with Gasteiger partial charge in [0, 0.05) is 19.3 Å². The second kappa shape index (κ2) is 6.13. The molecule has 6 heteroatoms. The quantitative estimate of drug-likeness (QED) is 0.692. The second-order valence-corrected chi connectivity index (χ2v) is 4.64. The molecule has 0 aliphatic carbocycles. The predicted octanol–water partition coefficient (Wildman–Crippen LogP) is 3.38. The standard InChI is InChI=1S/C15H14F4N2/c1-21(11-4-2-3-10(16)7-11)14(8-20)9-5-12(17)15(19)13(18)6-9/h2-7,14H,8,20H2,1H3. The van der Waals surface area contributed by atoms with Crippen LogP contribution >= 0.6 is 0 Å². The minimum Gasteiger partial charge on any atom is -0.366 e. The van der Waals surface area contributed by atoms with Crippen molar-refractivity contribution in [2.75, 3.05) is 18.5 Å². The van der Waals surface area contributed by atoms with Crippen molar-refractivity contribution < 1.29 is 17.6 Å². The maximum absolute atomic E-state index is 13.3. The Hall–Kier alpha value is -2.08. The molecule has 1 atom stereocenters. The van der Waals surface area contributed by atoms with Gasteiger partial charge in [-0.1, -0.05) is 6.07 Å². The van der Waals surface area contributed by atoms with Crippen LogP contribution in [0.25, 0.3) is 0 Å². The number of rotatable bonds is 4. The van der Waals surface area contributed by atoms with Gasteiger partial charge in [-0.3, -0.25) is 0 Å². The lowest BCUT2D eigenvalue weighted by molar-refractivity contribution is 0.443. The first-order valence-corrected chi connectivity index (χ1v) is 6.27. The van der Waals surface area contributed by atoms with Gasteiger partial charge >= 0.3 is 0 Å². The van der Waals surface area contributed by atoms with Crippen molar-refractivity contribution in [3.63, 3.8) is 0 Å². The number of benzene rings is 2. The Bertz CT molecular complexity index is 622. The Morgan fingerprint density at radius 3 is 2.19 bits per heavy atom. The molecule has 0 spiro atoms. The van der Waals surface area contributed by atoms with Crippen LogP contribution in [0, 0.1) is 23.3 Å². The SMILES string of the molecule is CN(c1cccc(F)c1)C(CN)c1cc(F)c(F)c(F)c1. The summed E-state index contributed by atoms with van der Waals surface area (Å²) in [6, 6.07) is 6.89. The highest BCUT2D eigenvalue weighted by atomic mass is 19.2. The maximum Gasteiger partial charge on any atom is 0.194 e. The van der Waals surface area contributed by atoms with E-state index < -0.39 is 29.3 Å². The van der Waals surface area contributed by atoms with Gasteiger partial charge in [0.2, 0.25) is 0 Å². The van der Waals surface area contributed by atoms with Gasteiger partial charge in [0.25, 0.3) is 0 Å². The van der Waals surface area contributed by atoms with E-state index in [2.05, 4.69) is 0 Å². The zero-order valence-corrected chi connectivity index (χ0v) is 11.3. The Balaban J connectivity index is 2.39. The molecule has 0 radical (unpaired) electrons. The van der Waals surface area contributed by atoms with Crippen LogP contribution < -0.4 is 10.6 Å².